The highest BCUT2D eigenvalue weighted by atomic mass is 35.5. The summed E-state index contributed by atoms with van der Waals surface area (Å²) >= 11 is 7.04. The average Bonchev–Trinajstić information content (AvgIpc) is 2.77. The summed E-state index contributed by atoms with van der Waals surface area (Å²) in [5.41, 5.74) is 1.62. The van der Waals surface area contributed by atoms with Gasteiger partial charge >= 0.3 is 0 Å². The smallest absolute Gasteiger partial charge is 0.258 e. The van der Waals surface area contributed by atoms with Gasteiger partial charge in [0.15, 0.2) is 0 Å². The monoisotopic (exact) mass is 283 g/mol. The van der Waals surface area contributed by atoms with E-state index in [1.165, 1.54) is 23.5 Å². The molecule has 0 radical (unpaired) electrons. The molecule has 0 amide bonds. The van der Waals surface area contributed by atoms with E-state index < -0.39 is 4.92 Å². The lowest BCUT2D eigenvalue weighted by Crippen LogP contribution is -1.90. The van der Waals surface area contributed by atoms with Gasteiger partial charge < -0.3 is 0 Å². The van der Waals surface area contributed by atoms with Crippen molar-refractivity contribution in [2.45, 2.75) is 13.3 Å². The maximum absolute atomic E-state index is 10.8. The predicted octanol–water partition coefficient (Wildman–Crippen LogP) is 3.20. The van der Waals surface area contributed by atoms with E-state index >= 15 is 0 Å². The molecule has 0 saturated heterocycles. The van der Waals surface area contributed by atoms with Crippen LogP contribution in [0.25, 0.3) is 10.6 Å². The number of halogens is 1. The molecule has 5 nitrogen and oxygen atoms in total. The normalized spacial score (nSPS) is 10.6. The summed E-state index contributed by atoms with van der Waals surface area (Å²) in [4.78, 5) is 10.4. The van der Waals surface area contributed by atoms with Crippen LogP contribution in [-0.4, -0.2) is 21.0 Å². The molecule has 7 heteroatoms. The molecular weight excluding hydrogens is 274 g/mol. The van der Waals surface area contributed by atoms with Gasteiger partial charge in [-0.15, -0.1) is 21.8 Å². The lowest BCUT2D eigenvalue weighted by molar-refractivity contribution is -0.384. The topological polar surface area (TPSA) is 68.9 Å². The average molecular weight is 284 g/mol. The Morgan fingerprint density at radius 3 is 2.83 bits per heavy atom. The van der Waals surface area contributed by atoms with Crippen LogP contribution < -0.4 is 0 Å². The first-order chi connectivity index (χ1) is 8.60. The highest BCUT2D eigenvalue weighted by molar-refractivity contribution is 7.14. The highest BCUT2D eigenvalue weighted by Crippen LogP contribution is 2.28. The van der Waals surface area contributed by atoms with Crippen LogP contribution in [0, 0.1) is 17.0 Å². The lowest BCUT2D eigenvalue weighted by Gasteiger charge is -1.98. The molecule has 0 N–H and O–H groups in total. The summed E-state index contributed by atoms with van der Waals surface area (Å²) in [6, 6.07) is 4.90. The van der Waals surface area contributed by atoms with Crippen LogP contribution in [0.3, 0.4) is 0 Å². The maximum Gasteiger partial charge on any atom is 0.270 e. The molecule has 0 aliphatic heterocycles. The maximum atomic E-state index is 10.8. The van der Waals surface area contributed by atoms with E-state index in [4.69, 9.17) is 11.6 Å². The number of non-ortho nitro benzene ring substituents is 1. The Morgan fingerprint density at radius 2 is 2.17 bits per heavy atom. The molecule has 1 aromatic carbocycles. The summed E-state index contributed by atoms with van der Waals surface area (Å²) in [6.45, 7) is 1.82. The Balaban J connectivity index is 2.39. The molecule has 0 spiro atoms. The number of benzene rings is 1. The molecular formula is C11H10ClN3O2S. The first kappa shape index (κ1) is 12.9. The number of nitro groups is 1. The van der Waals surface area contributed by atoms with Crippen molar-refractivity contribution in [1.29, 1.82) is 0 Å². The Hall–Kier alpha value is -1.53. The van der Waals surface area contributed by atoms with Crippen LogP contribution in [0.15, 0.2) is 18.2 Å². The van der Waals surface area contributed by atoms with E-state index in [1.807, 2.05) is 13.0 Å². The number of hydrogen-bond acceptors (Lipinski definition) is 5. The number of nitrogens with zero attached hydrogens (tertiary/aromatic N) is 3. The highest BCUT2D eigenvalue weighted by Gasteiger charge is 2.12. The number of alkyl halides is 1. The summed E-state index contributed by atoms with van der Waals surface area (Å²) in [6.07, 6.45) is 0.660. The summed E-state index contributed by atoms with van der Waals surface area (Å²) in [5.74, 6) is 0.489. The van der Waals surface area contributed by atoms with Crippen molar-refractivity contribution in [1.82, 2.24) is 10.2 Å². The minimum absolute atomic E-state index is 0.0686. The molecule has 1 aromatic heterocycles. The first-order valence-electron chi connectivity index (χ1n) is 5.25. The van der Waals surface area contributed by atoms with E-state index in [0.717, 1.165) is 16.1 Å². The Morgan fingerprint density at radius 1 is 1.39 bits per heavy atom. The van der Waals surface area contributed by atoms with Crippen molar-refractivity contribution in [3.05, 3.63) is 38.9 Å². The van der Waals surface area contributed by atoms with Crippen LogP contribution in [0.4, 0.5) is 5.69 Å². The molecule has 0 atom stereocenters. The van der Waals surface area contributed by atoms with Gasteiger partial charge in [0.05, 0.1) is 4.92 Å². The van der Waals surface area contributed by atoms with E-state index in [2.05, 4.69) is 10.2 Å². The van der Waals surface area contributed by atoms with Gasteiger partial charge in [-0.2, -0.15) is 0 Å². The van der Waals surface area contributed by atoms with Gasteiger partial charge in [-0.05, 0) is 18.6 Å². The third-order valence-corrected chi connectivity index (χ3v) is 3.52. The number of aromatic nitrogens is 2. The van der Waals surface area contributed by atoms with Crippen molar-refractivity contribution in [2.24, 2.45) is 0 Å². The zero-order chi connectivity index (χ0) is 13.1. The Kier molecular flexibility index (Phi) is 3.88. The quantitative estimate of drug-likeness (QED) is 0.491. The second kappa shape index (κ2) is 5.41. The Bertz CT molecular complexity index is 585. The molecule has 2 rings (SSSR count). The van der Waals surface area contributed by atoms with Crippen molar-refractivity contribution >= 4 is 28.6 Å². The number of aryl methyl sites for hydroxylation is 2. The molecule has 0 fully saturated rings. The molecule has 0 saturated carbocycles. The summed E-state index contributed by atoms with van der Waals surface area (Å²) < 4.78 is 0. The van der Waals surface area contributed by atoms with Gasteiger partial charge in [0.25, 0.3) is 5.69 Å². The summed E-state index contributed by atoms with van der Waals surface area (Å²) in [7, 11) is 0. The van der Waals surface area contributed by atoms with Gasteiger partial charge in [-0.1, -0.05) is 11.3 Å². The second-order valence-electron chi connectivity index (χ2n) is 3.75. The summed E-state index contributed by atoms with van der Waals surface area (Å²) in [5, 5.41) is 20.4. The van der Waals surface area contributed by atoms with Gasteiger partial charge in [0, 0.05) is 30.0 Å². The van der Waals surface area contributed by atoms with Crippen LogP contribution in [0.2, 0.25) is 0 Å². The van der Waals surface area contributed by atoms with Gasteiger partial charge in [0.2, 0.25) is 0 Å². The molecule has 94 valence electrons. The van der Waals surface area contributed by atoms with E-state index in [9.17, 15) is 10.1 Å². The van der Waals surface area contributed by atoms with Gasteiger partial charge in [-0.25, -0.2) is 0 Å². The standard InChI is InChI=1S/C11H10ClN3O2S/c1-7-4-8(6-9(5-7)15(16)17)11-14-13-10(18-11)2-3-12/h4-6H,2-3H2,1H3. The van der Waals surface area contributed by atoms with E-state index in [-0.39, 0.29) is 5.69 Å². The molecule has 0 unspecified atom stereocenters. The zero-order valence-electron chi connectivity index (χ0n) is 9.59. The van der Waals surface area contributed by atoms with E-state index in [1.54, 1.807) is 0 Å². The lowest BCUT2D eigenvalue weighted by atomic mass is 10.1. The zero-order valence-corrected chi connectivity index (χ0v) is 11.2. The predicted molar refractivity (Wildman–Crippen MR) is 71.2 cm³/mol. The van der Waals surface area contributed by atoms with E-state index in [0.29, 0.717) is 17.3 Å². The SMILES string of the molecule is Cc1cc(-c2nnc(CCCl)s2)cc([N+](=O)[O-])c1. The second-order valence-corrected chi connectivity index (χ2v) is 5.19. The van der Waals surface area contributed by atoms with Crippen LogP contribution in [-0.2, 0) is 6.42 Å². The van der Waals surface area contributed by atoms with Crippen molar-refractivity contribution < 1.29 is 4.92 Å². The molecule has 18 heavy (non-hydrogen) atoms. The first-order valence-corrected chi connectivity index (χ1v) is 6.60. The van der Waals surface area contributed by atoms with Crippen LogP contribution in [0.5, 0.6) is 0 Å². The molecule has 0 bridgehead atoms. The fraction of sp³-hybridized carbons (Fsp3) is 0.273. The number of rotatable bonds is 4. The largest absolute Gasteiger partial charge is 0.270 e. The van der Waals surface area contributed by atoms with Crippen molar-refractivity contribution in [2.75, 3.05) is 5.88 Å². The third-order valence-electron chi connectivity index (χ3n) is 2.30. The van der Waals surface area contributed by atoms with Gasteiger partial charge in [0.1, 0.15) is 10.0 Å². The molecule has 0 aliphatic rings. The Labute approximate surface area is 113 Å². The molecule has 2 aromatic rings. The minimum atomic E-state index is -0.406. The van der Waals surface area contributed by atoms with Crippen molar-refractivity contribution in [3.8, 4) is 10.6 Å². The number of nitro benzene ring substituents is 1. The van der Waals surface area contributed by atoms with Crippen LogP contribution >= 0.6 is 22.9 Å². The number of hydrogen-bond donors (Lipinski definition) is 0. The van der Waals surface area contributed by atoms with Gasteiger partial charge in [-0.3, -0.25) is 10.1 Å². The molecule has 0 aliphatic carbocycles. The van der Waals surface area contributed by atoms with Crippen LogP contribution in [0.1, 0.15) is 10.6 Å². The van der Waals surface area contributed by atoms with Crippen molar-refractivity contribution in [3.63, 3.8) is 0 Å². The third kappa shape index (κ3) is 2.83. The minimum Gasteiger partial charge on any atom is -0.258 e. The fourth-order valence-electron chi connectivity index (χ4n) is 1.54. The molecule has 1 heterocycles. The fourth-order valence-corrected chi connectivity index (χ4v) is 2.66.